The van der Waals surface area contributed by atoms with Crippen molar-refractivity contribution in [3.8, 4) is 0 Å². The molecule has 110 valence electrons. The van der Waals surface area contributed by atoms with Crippen molar-refractivity contribution in [2.75, 3.05) is 6.54 Å². The summed E-state index contributed by atoms with van der Waals surface area (Å²) < 4.78 is 5.63. The molecule has 0 spiro atoms. The lowest BCUT2D eigenvalue weighted by atomic mass is 10.0. The van der Waals surface area contributed by atoms with Crippen LogP contribution in [0.4, 0.5) is 0 Å². The van der Waals surface area contributed by atoms with E-state index in [4.69, 9.17) is 9.52 Å². The molecule has 1 aromatic heterocycles. The van der Waals surface area contributed by atoms with E-state index in [1.54, 1.807) is 17.9 Å². The van der Waals surface area contributed by atoms with Crippen molar-refractivity contribution >= 4 is 11.9 Å². The van der Waals surface area contributed by atoms with Gasteiger partial charge in [-0.3, -0.25) is 9.59 Å². The van der Waals surface area contributed by atoms with Crippen molar-refractivity contribution in [3.63, 3.8) is 0 Å². The molecule has 1 aliphatic rings. The minimum absolute atomic E-state index is 0.198. The number of furan rings is 1. The fourth-order valence-corrected chi connectivity index (χ4v) is 2.87. The van der Waals surface area contributed by atoms with Gasteiger partial charge in [-0.05, 0) is 31.4 Å². The maximum atomic E-state index is 12.5. The zero-order valence-electron chi connectivity index (χ0n) is 12.2. The quantitative estimate of drug-likeness (QED) is 0.918. The lowest BCUT2D eigenvalue weighted by Crippen LogP contribution is -2.37. The van der Waals surface area contributed by atoms with Gasteiger partial charge in [-0.15, -0.1) is 0 Å². The fourth-order valence-electron chi connectivity index (χ4n) is 2.87. The molecule has 1 aliphatic heterocycles. The second kappa shape index (κ2) is 5.69. The van der Waals surface area contributed by atoms with Crippen LogP contribution in [0.3, 0.4) is 0 Å². The van der Waals surface area contributed by atoms with Crippen molar-refractivity contribution in [3.05, 3.63) is 23.2 Å². The molecule has 0 radical (unpaired) electrons. The van der Waals surface area contributed by atoms with Crippen LogP contribution in [0, 0.1) is 5.92 Å². The molecule has 0 aliphatic carbocycles. The first-order valence-electron chi connectivity index (χ1n) is 7.14. The van der Waals surface area contributed by atoms with E-state index < -0.39 is 11.9 Å². The van der Waals surface area contributed by atoms with Gasteiger partial charge in [0, 0.05) is 19.0 Å². The van der Waals surface area contributed by atoms with Crippen molar-refractivity contribution in [1.82, 2.24) is 4.90 Å². The molecule has 1 saturated heterocycles. The van der Waals surface area contributed by atoms with Crippen LogP contribution in [0.15, 0.2) is 10.5 Å². The molecule has 0 bridgehead atoms. The van der Waals surface area contributed by atoms with E-state index in [-0.39, 0.29) is 11.9 Å². The largest absolute Gasteiger partial charge is 0.481 e. The zero-order valence-corrected chi connectivity index (χ0v) is 12.2. The normalized spacial score (nSPS) is 22.2. The van der Waals surface area contributed by atoms with E-state index in [9.17, 15) is 9.59 Å². The number of carboxylic acids is 1. The van der Waals surface area contributed by atoms with Crippen molar-refractivity contribution in [2.24, 2.45) is 5.92 Å². The molecule has 0 saturated carbocycles. The molecule has 2 heterocycles. The third-order valence-corrected chi connectivity index (χ3v) is 4.14. The van der Waals surface area contributed by atoms with Gasteiger partial charge in [0.1, 0.15) is 5.76 Å². The Morgan fingerprint density at radius 3 is 2.55 bits per heavy atom. The molecule has 5 nitrogen and oxygen atoms in total. The molecule has 1 amide bonds. The van der Waals surface area contributed by atoms with Gasteiger partial charge < -0.3 is 14.4 Å². The molecule has 2 atom stereocenters. The van der Waals surface area contributed by atoms with Gasteiger partial charge in [0.15, 0.2) is 5.76 Å². The molecule has 20 heavy (non-hydrogen) atoms. The fraction of sp³-hybridized carbons (Fsp3) is 0.600. The van der Waals surface area contributed by atoms with E-state index in [2.05, 4.69) is 0 Å². The molecular formula is C15H21NO4. The first-order valence-corrected chi connectivity index (χ1v) is 7.14. The number of aliphatic carboxylic acids is 1. The Balaban J connectivity index is 2.20. The Labute approximate surface area is 118 Å². The smallest absolute Gasteiger partial charge is 0.308 e. The molecule has 0 aromatic carbocycles. The average Bonchev–Trinajstić information content (AvgIpc) is 3.00. The van der Waals surface area contributed by atoms with E-state index in [0.29, 0.717) is 18.7 Å². The van der Waals surface area contributed by atoms with Gasteiger partial charge in [-0.25, -0.2) is 0 Å². The maximum Gasteiger partial charge on any atom is 0.308 e. The Morgan fingerprint density at radius 2 is 2.10 bits per heavy atom. The summed E-state index contributed by atoms with van der Waals surface area (Å²) in [4.78, 5) is 25.2. The Bertz CT molecular complexity index is 498. The SMILES string of the molecule is CCc1cc(C(=O)N2CCC(C(=O)O)C2C)oc1CC. The van der Waals surface area contributed by atoms with Crippen LogP contribution < -0.4 is 0 Å². The number of carbonyl (C=O) groups is 2. The summed E-state index contributed by atoms with van der Waals surface area (Å²) in [5.41, 5.74) is 1.05. The average molecular weight is 279 g/mol. The minimum Gasteiger partial charge on any atom is -0.481 e. The van der Waals surface area contributed by atoms with Crippen LogP contribution in [0.1, 0.15) is 49.1 Å². The summed E-state index contributed by atoms with van der Waals surface area (Å²) in [5, 5.41) is 9.12. The monoisotopic (exact) mass is 279 g/mol. The molecule has 1 aromatic rings. The molecule has 2 rings (SSSR count). The van der Waals surface area contributed by atoms with E-state index >= 15 is 0 Å². The highest BCUT2D eigenvalue weighted by Crippen LogP contribution is 2.27. The number of aryl methyl sites for hydroxylation is 2. The minimum atomic E-state index is -0.837. The van der Waals surface area contributed by atoms with Crippen LogP contribution in [-0.2, 0) is 17.6 Å². The van der Waals surface area contributed by atoms with Gasteiger partial charge in [0.2, 0.25) is 0 Å². The number of hydrogen-bond donors (Lipinski definition) is 1. The van der Waals surface area contributed by atoms with Crippen LogP contribution in [0.5, 0.6) is 0 Å². The highest BCUT2D eigenvalue weighted by molar-refractivity contribution is 5.92. The van der Waals surface area contributed by atoms with Crippen LogP contribution >= 0.6 is 0 Å². The first-order chi connectivity index (χ1) is 9.49. The van der Waals surface area contributed by atoms with Gasteiger partial charge in [0.25, 0.3) is 5.91 Å². The maximum absolute atomic E-state index is 12.5. The predicted molar refractivity (Wildman–Crippen MR) is 73.7 cm³/mol. The number of likely N-dealkylation sites (tertiary alicyclic amines) is 1. The van der Waals surface area contributed by atoms with Gasteiger partial charge in [0.05, 0.1) is 5.92 Å². The Morgan fingerprint density at radius 1 is 1.40 bits per heavy atom. The highest BCUT2D eigenvalue weighted by Gasteiger charge is 2.39. The topological polar surface area (TPSA) is 70.8 Å². The predicted octanol–water partition coefficient (Wildman–Crippen LogP) is 2.34. The van der Waals surface area contributed by atoms with Crippen molar-refractivity contribution < 1.29 is 19.1 Å². The number of amides is 1. The molecule has 5 heteroatoms. The summed E-state index contributed by atoms with van der Waals surface area (Å²) in [5.74, 6) is -0.342. The molecule has 1 N–H and O–H groups in total. The summed E-state index contributed by atoms with van der Waals surface area (Å²) >= 11 is 0. The van der Waals surface area contributed by atoms with Crippen molar-refractivity contribution in [2.45, 2.75) is 46.1 Å². The number of hydrogen-bond acceptors (Lipinski definition) is 3. The van der Waals surface area contributed by atoms with Crippen LogP contribution in [0.25, 0.3) is 0 Å². The van der Waals surface area contributed by atoms with Crippen LogP contribution in [-0.4, -0.2) is 34.5 Å². The highest BCUT2D eigenvalue weighted by atomic mass is 16.4. The molecular weight excluding hydrogens is 258 g/mol. The number of carboxylic acid groups (broad SMARTS) is 1. The summed E-state index contributed by atoms with van der Waals surface area (Å²) in [6.45, 7) is 6.27. The summed E-state index contributed by atoms with van der Waals surface area (Å²) in [6, 6.07) is 1.50. The van der Waals surface area contributed by atoms with E-state index in [0.717, 1.165) is 24.2 Å². The number of rotatable bonds is 4. The Hall–Kier alpha value is -1.78. The summed E-state index contributed by atoms with van der Waals surface area (Å²) in [6.07, 6.45) is 2.08. The van der Waals surface area contributed by atoms with Crippen molar-refractivity contribution in [1.29, 1.82) is 0 Å². The second-order valence-electron chi connectivity index (χ2n) is 5.24. The Kier molecular flexibility index (Phi) is 4.16. The van der Waals surface area contributed by atoms with E-state index in [1.165, 1.54) is 0 Å². The van der Waals surface area contributed by atoms with E-state index in [1.807, 2.05) is 13.8 Å². The number of nitrogens with zero attached hydrogens (tertiary/aromatic N) is 1. The van der Waals surface area contributed by atoms with Gasteiger partial charge in [-0.1, -0.05) is 13.8 Å². The third kappa shape index (κ3) is 2.44. The number of carbonyl (C=O) groups excluding carboxylic acids is 1. The zero-order chi connectivity index (χ0) is 14.9. The summed E-state index contributed by atoms with van der Waals surface area (Å²) in [7, 11) is 0. The lowest BCUT2D eigenvalue weighted by molar-refractivity contribution is -0.142. The molecule has 1 fully saturated rings. The lowest BCUT2D eigenvalue weighted by Gasteiger charge is -2.22. The second-order valence-corrected chi connectivity index (χ2v) is 5.24. The first kappa shape index (κ1) is 14.6. The third-order valence-electron chi connectivity index (χ3n) is 4.14. The standard InChI is InChI=1S/C15H21NO4/c1-4-10-8-13(20-12(10)5-2)14(17)16-7-6-11(9(16)3)15(18)19/h8-9,11H,4-7H2,1-3H3,(H,18,19). The molecule has 2 unspecified atom stereocenters. The van der Waals surface area contributed by atoms with Gasteiger partial charge in [-0.2, -0.15) is 0 Å². The van der Waals surface area contributed by atoms with Gasteiger partial charge >= 0.3 is 5.97 Å². The van der Waals surface area contributed by atoms with Crippen LogP contribution in [0.2, 0.25) is 0 Å².